The van der Waals surface area contributed by atoms with E-state index in [-0.39, 0.29) is 0 Å². The van der Waals surface area contributed by atoms with Crippen LogP contribution in [0, 0.1) is 18.4 Å². The van der Waals surface area contributed by atoms with Crippen molar-refractivity contribution in [3.05, 3.63) is 72.3 Å². The minimum absolute atomic E-state index is 0.737. The summed E-state index contributed by atoms with van der Waals surface area (Å²) in [6, 6.07) is 22.5. The lowest BCUT2D eigenvalue weighted by Gasteiger charge is -1.89. The molecule has 2 rings (SSSR count). The Balaban J connectivity index is 0.000000162. The van der Waals surface area contributed by atoms with Crippen LogP contribution in [0.25, 0.3) is 0 Å². The smallest absolute Gasteiger partial charge is 0.0337 e. The summed E-state index contributed by atoms with van der Waals surface area (Å²) in [5.74, 6) is 2.58. The van der Waals surface area contributed by atoms with E-state index in [1.807, 2.05) is 60.7 Å². The molecule has 0 spiro atoms. The highest BCUT2D eigenvalue weighted by Crippen LogP contribution is 1.96. The third-order valence-corrected chi connectivity index (χ3v) is 1.76. The quantitative estimate of drug-likeness (QED) is 0.609. The van der Waals surface area contributed by atoms with Crippen molar-refractivity contribution in [2.75, 3.05) is 0 Å². The van der Waals surface area contributed by atoms with Gasteiger partial charge in [0.2, 0.25) is 0 Å². The standard InChI is InChI=1S/C9H8.C6H5/c1-2-6-9-7-4-3-5-8-9;1-2-4-6-5-3-1/h1,3-5,7-8H,6H2;1-5H. The number of benzene rings is 2. The highest BCUT2D eigenvalue weighted by Gasteiger charge is 1.82. The van der Waals surface area contributed by atoms with Gasteiger partial charge in [-0.15, -0.1) is 12.3 Å². The highest BCUT2D eigenvalue weighted by molar-refractivity contribution is 5.18. The van der Waals surface area contributed by atoms with Gasteiger partial charge in [0.1, 0.15) is 0 Å². The first-order valence-corrected chi connectivity index (χ1v) is 4.82. The van der Waals surface area contributed by atoms with E-state index < -0.39 is 0 Å². The molecule has 0 unspecified atom stereocenters. The van der Waals surface area contributed by atoms with Crippen molar-refractivity contribution in [2.24, 2.45) is 0 Å². The van der Waals surface area contributed by atoms with Gasteiger partial charge < -0.3 is 0 Å². The first-order chi connectivity index (χ1) is 7.43. The molecule has 1 radical (unpaired) electrons. The predicted molar refractivity (Wildman–Crippen MR) is 64.3 cm³/mol. The van der Waals surface area contributed by atoms with Gasteiger partial charge in [0, 0.05) is 6.42 Å². The maximum absolute atomic E-state index is 5.11. The summed E-state index contributed by atoms with van der Waals surface area (Å²) in [5.41, 5.74) is 1.21. The lowest BCUT2D eigenvalue weighted by molar-refractivity contribution is 1.32. The monoisotopic (exact) mass is 193 g/mol. The van der Waals surface area contributed by atoms with Crippen LogP contribution in [0.5, 0.6) is 0 Å². The van der Waals surface area contributed by atoms with Gasteiger partial charge in [-0.2, -0.15) is 0 Å². The fourth-order valence-electron chi connectivity index (χ4n) is 1.06. The van der Waals surface area contributed by atoms with Gasteiger partial charge in [0.05, 0.1) is 0 Å². The second-order valence-electron chi connectivity index (χ2n) is 2.94. The Morgan fingerprint density at radius 3 is 1.93 bits per heavy atom. The van der Waals surface area contributed by atoms with E-state index in [4.69, 9.17) is 6.42 Å². The molecule has 15 heavy (non-hydrogen) atoms. The summed E-state index contributed by atoms with van der Waals surface area (Å²) in [5, 5.41) is 0. The van der Waals surface area contributed by atoms with Crippen molar-refractivity contribution in [1.29, 1.82) is 0 Å². The zero-order valence-corrected chi connectivity index (χ0v) is 8.56. The molecular formula is C15H13. The van der Waals surface area contributed by atoms with Crippen LogP contribution in [0.3, 0.4) is 0 Å². The van der Waals surface area contributed by atoms with Gasteiger partial charge in [0.25, 0.3) is 0 Å². The van der Waals surface area contributed by atoms with E-state index in [1.54, 1.807) is 0 Å². The Labute approximate surface area is 91.6 Å². The van der Waals surface area contributed by atoms with Crippen LogP contribution in [0.2, 0.25) is 0 Å². The lowest BCUT2D eigenvalue weighted by Crippen LogP contribution is -1.76. The molecule has 0 heterocycles. The predicted octanol–water partition coefficient (Wildman–Crippen LogP) is 3.35. The topological polar surface area (TPSA) is 0 Å². The number of hydrogen-bond acceptors (Lipinski definition) is 0. The Bertz CT molecular complexity index is 355. The summed E-state index contributed by atoms with van der Waals surface area (Å²) in [6.07, 6.45) is 5.85. The second kappa shape index (κ2) is 7.41. The van der Waals surface area contributed by atoms with Crippen molar-refractivity contribution in [1.82, 2.24) is 0 Å². The summed E-state index contributed by atoms with van der Waals surface area (Å²) in [4.78, 5) is 0. The van der Waals surface area contributed by atoms with Crippen molar-refractivity contribution in [3.63, 3.8) is 0 Å². The lowest BCUT2D eigenvalue weighted by atomic mass is 10.2. The fourth-order valence-corrected chi connectivity index (χ4v) is 1.06. The molecule has 0 aliphatic rings. The molecule has 0 saturated heterocycles. The summed E-state index contributed by atoms with van der Waals surface area (Å²) in [7, 11) is 0. The Morgan fingerprint density at radius 1 is 0.933 bits per heavy atom. The van der Waals surface area contributed by atoms with Gasteiger partial charge in [-0.05, 0) is 11.6 Å². The third kappa shape index (κ3) is 5.33. The van der Waals surface area contributed by atoms with E-state index in [0.29, 0.717) is 0 Å². The zero-order chi connectivity index (χ0) is 10.8. The maximum Gasteiger partial charge on any atom is 0.0337 e. The van der Waals surface area contributed by atoms with Crippen LogP contribution in [-0.2, 0) is 6.42 Å². The normalized spacial score (nSPS) is 8.20. The van der Waals surface area contributed by atoms with Crippen LogP contribution in [-0.4, -0.2) is 0 Å². The van der Waals surface area contributed by atoms with Crippen LogP contribution < -0.4 is 0 Å². The Hall–Kier alpha value is -2.00. The molecule has 0 saturated carbocycles. The molecule has 0 N–H and O–H groups in total. The van der Waals surface area contributed by atoms with E-state index in [2.05, 4.69) is 12.0 Å². The molecule has 0 aliphatic heterocycles. The zero-order valence-electron chi connectivity index (χ0n) is 8.56. The van der Waals surface area contributed by atoms with Crippen molar-refractivity contribution in [3.8, 4) is 12.3 Å². The minimum Gasteiger partial charge on any atom is -0.120 e. The Morgan fingerprint density at radius 2 is 1.53 bits per heavy atom. The molecule has 0 amide bonds. The van der Waals surface area contributed by atoms with Crippen LogP contribution in [0.15, 0.2) is 60.7 Å². The van der Waals surface area contributed by atoms with Crippen LogP contribution >= 0.6 is 0 Å². The van der Waals surface area contributed by atoms with Gasteiger partial charge in [0.15, 0.2) is 0 Å². The van der Waals surface area contributed by atoms with Gasteiger partial charge in [-0.25, -0.2) is 0 Å². The van der Waals surface area contributed by atoms with Crippen LogP contribution in [0.4, 0.5) is 0 Å². The minimum atomic E-state index is 0.737. The summed E-state index contributed by atoms with van der Waals surface area (Å²) >= 11 is 0. The molecule has 0 heteroatoms. The van der Waals surface area contributed by atoms with Gasteiger partial charge >= 0.3 is 0 Å². The highest BCUT2D eigenvalue weighted by atomic mass is 13.9. The molecular weight excluding hydrogens is 180 g/mol. The molecule has 0 aromatic heterocycles. The molecule has 0 aliphatic carbocycles. The molecule has 0 fully saturated rings. The Kier molecular flexibility index (Phi) is 5.47. The molecule has 0 nitrogen and oxygen atoms in total. The fraction of sp³-hybridized carbons (Fsp3) is 0.0667. The SMILES string of the molecule is C#CCc1ccccc1.[c]1ccccc1. The van der Waals surface area contributed by atoms with E-state index >= 15 is 0 Å². The molecule has 2 aromatic rings. The maximum atomic E-state index is 5.11. The molecule has 0 bridgehead atoms. The average molecular weight is 193 g/mol. The van der Waals surface area contributed by atoms with Crippen molar-refractivity contribution < 1.29 is 0 Å². The molecule has 73 valence electrons. The number of rotatable bonds is 1. The van der Waals surface area contributed by atoms with Crippen LogP contribution in [0.1, 0.15) is 5.56 Å². The largest absolute Gasteiger partial charge is 0.120 e. The summed E-state index contributed by atoms with van der Waals surface area (Å²) in [6.45, 7) is 0. The molecule has 2 aromatic carbocycles. The average Bonchev–Trinajstić information content (AvgIpc) is 2.34. The first-order valence-electron chi connectivity index (χ1n) is 4.82. The van der Waals surface area contributed by atoms with Gasteiger partial charge in [-0.3, -0.25) is 0 Å². The first kappa shape index (κ1) is 11.1. The van der Waals surface area contributed by atoms with E-state index in [9.17, 15) is 0 Å². The molecule has 0 atom stereocenters. The summed E-state index contributed by atoms with van der Waals surface area (Å²) < 4.78 is 0. The second-order valence-corrected chi connectivity index (χ2v) is 2.94. The third-order valence-electron chi connectivity index (χ3n) is 1.76. The number of terminal acetylenes is 1. The van der Waals surface area contributed by atoms with Gasteiger partial charge in [-0.1, -0.05) is 60.7 Å². The van der Waals surface area contributed by atoms with E-state index in [0.717, 1.165) is 6.42 Å². The van der Waals surface area contributed by atoms with E-state index in [1.165, 1.54) is 5.56 Å². The van der Waals surface area contributed by atoms with Crippen molar-refractivity contribution >= 4 is 0 Å². The number of hydrogen-bond donors (Lipinski definition) is 0. The van der Waals surface area contributed by atoms with Crippen molar-refractivity contribution in [2.45, 2.75) is 6.42 Å².